The topological polar surface area (TPSA) is 116 Å². The molecule has 2 aromatic rings. The van der Waals surface area contributed by atoms with Crippen molar-refractivity contribution in [3.63, 3.8) is 0 Å². The Morgan fingerprint density at radius 2 is 1.97 bits per heavy atom. The summed E-state index contributed by atoms with van der Waals surface area (Å²) < 4.78 is 48.4. The number of alkyl halides is 3. The summed E-state index contributed by atoms with van der Waals surface area (Å²) in [5.41, 5.74) is 4.56. The van der Waals surface area contributed by atoms with Crippen molar-refractivity contribution in [1.82, 2.24) is 9.62 Å². The third-order valence-electron chi connectivity index (χ3n) is 4.98. The summed E-state index contributed by atoms with van der Waals surface area (Å²) in [6, 6.07) is 3.03. The number of hydrogen-bond donors (Lipinski definition) is 4. The molecule has 1 atom stereocenters. The van der Waals surface area contributed by atoms with Gasteiger partial charge in [-0.25, -0.2) is 4.99 Å². The molecular weight excluding hydrogens is 471 g/mol. The van der Waals surface area contributed by atoms with Gasteiger partial charge in [0.1, 0.15) is 17.5 Å². The predicted octanol–water partition coefficient (Wildman–Crippen LogP) is 4.80. The van der Waals surface area contributed by atoms with Gasteiger partial charge in [-0.3, -0.25) is 9.79 Å². The van der Waals surface area contributed by atoms with E-state index in [2.05, 4.69) is 27.5 Å². The van der Waals surface area contributed by atoms with E-state index in [-0.39, 0.29) is 23.3 Å². The van der Waals surface area contributed by atoms with Crippen LogP contribution in [0.4, 0.5) is 18.9 Å². The number of carbonyl (C=O) groups is 1. The zero-order chi connectivity index (χ0) is 25.8. The number of aliphatic imine (C=N–C) groups is 2. The van der Waals surface area contributed by atoms with Crippen LogP contribution in [0.3, 0.4) is 0 Å². The average Bonchev–Trinajstić information content (AvgIpc) is 3.25. The maximum atomic E-state index is 13.4. The lowest BCUT2D eigenvalue weighted by molar-refractivity contribution is -0.138. The Morgan fingerprint density at radius 1 is 1.32 bits per heavy atom. The molecule has 1 heterocycles. The molecule has 0 radical (unpaired) electrons. The fourth-order valence-electron chi connectivity index (χ4n) is 3.04. The van der Waals surface area contributed by atoms with Gasteiger partial charge in [0.05, 0.1) is 17.4 Å². The molecule has 0 bridgehead atoms. The van der Waals surface area contributed by atoms with E-state index in [1.54, 1.807) is 6.26 Å². The maximum absolute atomic E-state index is 13.4. The number of phenolic OH excluding ortho intramolecular Hbond substituents is 1. The van der Waals surface area contributed by atoms with E-state index in [1.807, 2.05) is 26.8 Å². The van der Waals surface area contributed by atoms with Gasteiger partial charge in [0.15, 0.2) is 17.4 Å². The normalized spacial score (nSPS) is 13.8. The number of nitrogens with two attached hydrogens (primary N) is 1. The molecule has 2 rings (SSSR count). The molecule has 0 fully saturated rings. The van der Waals surface area contributed by atoms with Gasteiger partial charge >= 0.3 is 6.18 Å². The van der Waals surface area contributed by atoms with Gasteiger partial charge in [0.2, 0.25) is 0 Å². The summed E-state index contributed by atoms with van der Waals surface area (Å²) >= 11 is 3.95. The van der Waals surface area contributed by atoms with Crippen LogP contribution in [0.2, 0.25) is 0 Å². The molecule has 186 valence electrons. The van der Waals surface area contributed by atoms with Crippen molar-refractivity contribution in [3.8, 4) is 5.75 Å². The SMILES string of the molecule is CC[C@@H](N=C(N)C(=Nc1ccc(C(F)(F)F)c(C(=O)N(C)C)c1O)NS)c1cc(C(C)C)co1. The van der Waals surface area contributed by atoms with E-state index < -0.39 is 35.0 Å². The zero-order valence-corrected chi connectivity index (χ0v) is 20.3. The highest BCUT2D eigenvalue weighted by Gasteiger charge is 2.38. The van der Waals surface area contributed by atoms with Crippen LogP contribution in [0.5, 0.6) is 5.75 Å². The first kappa shape index (κ1) is 27.1. The minimum atomic E-state index is -4.86. The number of furan rings is 1. The molecule has 0 aliphatic rings. The highest BCUT2D eigenvalue weighted by molar-refractivity contribution is 7.78. The standard InChI is InChI=1S/C22H28F3N5O3S/c1-6-14(16-9-12(10-33-16)11(2)3)27-19(26)20(29-34)28-15-8-7-13(22(23,24)25)17(18(15)31)21(32)30(4)5/h7-11,14,31,34H,6H2,1-5H3,(H2,26,27)(H,28,29)/t14-/m1/s1. The van der Waals surface area contributed by atoms with Crippen molar-refractivity contribution in [2.24, 2.45) is 15.7 Å². The smallest absolute Gasteiger partial charge is 0.417 e. The number of thiol groups is 1. The van der Waals surface area contributed by atoms with E-state index in [0.717, 1.165) is 16.5 Å². The van der Waals surface area contributed by atoms with Crippen LogP contribution in [0.25, 0.3) is 0 Å². The summed E-state index contributed by atoms with van der Waals surface area (Å²) in [6.45, 7) is 5.92. The quantitative estimate of drug-likeness (QED) is 0.259. The number of carbonyl (C=O) groups excluding carboxylic acids is 1. The number of amides is 1. The van der Waals surface area contributed by atoms with Crippen LogP contribution in [-0.4, -0.2) is 41.7 Å². The predicted molar refractivity (Wildman–Crippen MR) is 128 cm³/mol. The molecule has 12 heteroatoms. The number of hydrogen-bond acceptors (Lipinski definition) is 6. The van der Waals surface area contributed by atoms with Crippen molar-refractivity contribution >= 4 is 36.1 Å². The van der Waals surface area contributed by atoms with Gasteiger partial charge in [-0.05, 0) is 36.1 Å². The fourth-order valence-corrected chi connectivity index (χ4v) is 3.20. The van der Waals surface area contributed by atoms with E-state index in [0.29, 0.717) is 18.2 Å². The molecular formula is C22H28F3N5O3S. The average molecular weight is 500 g/mol. The van der Waals surface area contributed by atoms with Crippen molar-refractivity contribution in [2.75, 3.05) is 14.1 Å². The van der Waals surface area contributed by atoms with E-state index in [1.165, 1.54) is 14.1 Å². The first-order valence-electron chi connectivity index (χ1n) is 10.4. The second-order valence-electron chi connectivity index (χ2n) is 8.00. The van der Waals surface area contributed by atoms with Crippen LogP contribution in [0.15, 0.2) is 38.9 Å². The van der Waals surface area contributed by atoms with Crippen LogP contribution >= 0.6 is 12.8 Å². The summed E-state index contributed by atoms with van der Waals surface area (Å²) in [5.74, 6) is -1.38. The highest BCUT2D eigenvalue weighted by atomic mass is 32.1. The van der Waals surface area contributed by atoms with E-state index in [9.17, 15) is 23.1 Å². The number of aromatic hydroxyl groups is 1. The first-order chi connectivity index (χ1) is 15.8. The Hall–Kier alpha value is -3.15. The molecule has 8 nitrogen and oxygen atoms in total. The Morgan fingerprint density at radius 3 is 2.44 bits per heavy atom. The largest absolute Gasteiger partial charge is 0.505 e. The van der Waals surface area contributed by atoms with Gasteiger partial charge in [0, 0.05) is 14.1 Å². The summed E-state index contributed by atoms with van der Waals surface area (Å²) in [4.78, 5) is 21.8. The minimum Gasteiger partial charge on any atom is -0.505 e. The van der Waals surface area contributed by atoms with Gasteiger partial charge in [-0.15, -0.1) is 0 Å². The fraction of sp³-hybridized carbons (Fsp3) is 0.409. The highest BCUT2D eigenvalue weighted by Crippen LogP contribution is 2.41. The van der Waals surface area contributed by atoms with Crippen LogP contribution in [0.1, 0.15) is 66.4 Å². The van der Waals surface area contributed by atoms with Crippen LogP contribution in [-0.2, 0) is 6.18 Å². The monoisotopic (exact) mass is 499 g/mol. The molecule has 0 unspecified atom stereocenters. The maximum Gasteiger partial charge on any atom is 0.417 e. The number of halogens is 3. The Labute approximate surface area is 201 Å². The molecule has 1 aromatic carbocycles. The molecule has 0 aliphatic heterocycles. The molecule has 1 aromatic heterocycles. The molecule has 0 aliphatic carbocycles. The number of amidine groups is 2. The number of rotatable bonds is 6. The number of nitrogens with zero attached hydrogens (tertiary/aromatic N) is 3. The van der Waals surface area contributed by atoms with Crippen molar-refractivity contribution < 1.29 is 27.5 Å². The van der Waals surface area contributed by atoms with Crippen molar-refractivity contribution in [3.05, 3.63) is 46.9 Å². The van der Waals surface area contributed by atoms with E-state index >= 15 is 0 Å². The lowest BCUT2D eigenvalue weighted by Crippen LogP contribution is -2.32. The molecule has 0 spiro atoms. The van der Waals surface area contributed by atoms with Crippen molar-refractivity contribution in [1.29, 1.82) is 0 Å². The summed E-state index contributed by atoms with van der Waals surface area (Å²) in [5, 5.41) is 10.5. The van der Waals surface area contributed by atoms with Crippen LogP contribution in [0, 0.1) is 0 Å². The Balaban J connectivity index is 2.54. The second kappa shape index (κ2) is 10.9. The van der Waals surface area contributed by atoms with Gasteiger partial charge in [-0.1, -0.05) is 33.6 Å². The molecule has 0 saturated heterocycles. The van der Waals surface area contributed by atoms with Crippen LogP contribution < -0.4 is 10.5 Å². The molecule has 1 amide bonds. The lowest BCUT2D eigenvalue weighted by atomic mass is 10.0. The molecule has 34 heavy (non-hydrogen) atoms. The third-order valence-corrected chi connectivity index (χ3v) is 5.19. The second-order valence-corrected chi connectivity index (χ2v) is 8.22. The third kappa shape index (κ3) is 6.04. The number of benzene rings is 1. The van der Waals surface area contributed by atoms with Gasteiger partial charge in [0.25, 0.3) is 5.91 Å². The first-order valence-corrected chi connectivity index (χ1v) is 10.8. The lowest BCUT2D eigenvalue weighted by Gasteiger charge is -2.18. The van der Waals surface area contributed by atoms with Crippen molar-refractivity contribution in [2.45, 2.75) is 45.3 Å². The van der Waals surface area contributed by atoms with Gasteiger partial charge < -0.3 is 24.9 Å². The minimum absolute atomic E-state index is 0.121. The Bertz CT molecular complexity index is 1090. The molecule has 0 saturated carbocycles. The number of nitrogens with one attached hydrogen (secondary N) is 1. The zero-order valence-electron chi connectivity index (χ0n) is 19.4. The van der Waals surface area contributed by atoms with Gasteiger partial charge in [-0.2, -0.15) is 13.2 Å². The van der Waals surface area contributed by atoms with E-state index in [4.69, 9.17) is 10.2 Å². The Kier molecular flexibility index (Phi) is 8.65. The summed E-state index contributed by atoms with van der Waals surface area (Å²) in [7, 11) is 2.54. The summed E-state index contributed by atoms with van der Waals surface area (Å²) in [6.07, 6.45) is -2.68. The molecule has 4 N–H and O–H groups in total. The number of phenols is 1.